The highest BCUT2D eigenvalue weighted by atomic mass is 16.5. The van der Waals surface area contributed by atoms with Crippen LogP contribution in [0.2, 0.25) is 0 Å². The van der Waals surface area contributed by atoms with Crippen LogP contribution >= 0.6 is 0 Å². The lowest BCUT2D eigenvalue weighted by atomic mass is 10.1. The average Bonchev–Trinajstić information content (AvgIpc) is 2.13. The number of benzene rings is 1. The van der Waals surface area contributed by atoms with Crippen LogP contribution in [0.5, 0.6) is 0 Å². The first kappa shape index (κ1) is 14.9. The molecule has 0 aliphatic rings. The molecule has 0 atom stereocenters. The molecular weight excluding hydrogens is 234 g/mol. The SMILES string of the molecule is Cc1ccc(N(CC(C)(O)O)CC(C)(O)O)cc1. The highest BCUT2D eigenvalue weighted by Crippen LogP contribution is 2.19. The molecule has 4 N–H and O–H groups in total. The average molecular weight is 255 g/mol. The predicted octanol–water partition coefficient (Wildman–Crippen LogP) is 0.203. The van der Waals surface area contributed by atoms with Crippen LogP contribution in [0.25, 0.3) is 0 Å². The minimum atomic E-state index is -1.91. The minimum absolute atomic E-state index is 0.118. The fourth-order valence-corrected chi connectivity index (χ4v) is 1.72. The van der Waals surface area contributed by atoms with Gasteiger partial charge in [0.15, 0.2) is 11.6 Å². The monoisotopic (exact) mass is 255 g/mol. The van der Waals surface area contributed by atoms with Crippen molar-refractivity contribution >= 4 is 5.69 Å². The summed E-state index contributed by atoms with van der Waals surface area (Å²) in [5.74, 6) is -3.81. The molecular formula is C13H21NO4. The number of hydrogen-bond donors (Lipinski definition) is 4. The fourth-order valence-electron chi connectivity index (χ4n) is 1.72. The van der Waals surface area contributed by atoms with E-state index in [-0.39, 0.29) is 13.1 Å². The molecule has 0 unspecified atom stereocenters. The van der Waals surface area contributed by atoms with Crippen molar-refractivity contribution in [1.82, 2.24) is 0 Å². The zero-order valence-electron chi connectivity index (χ0n) is 11.0. The number of hydrogen-bond acceptors (Lipinski definition) is 5. The Morgan fingerprint density at radius 2 is 1.28 bits per heavy atom. The smallest absolute Gasteiger partial charge is 0.177 e. The molecule has 0 heterocycles. The largest absolute Gasteiger partial charge is 0.364 e. The number of anilines is 1. The van der Waals surface area contributed by atoms with Gasteiger partial charge in [-0.3, -0.25) is 0 Å². The lowest BCUT2D eigenvalue weighted by Crippen LogP contribution is -2.47. The Labute approximate surface area is 107 Å². The van der Waals surface area contributed by atoms with Crippen LogP contribution in [-0.4, -0.2) is 45.1 Å². The van der Waals surface area contributed by atoms with E-state index in [2.05, 4.69) is 0 Å². The molecule has 18 heavy (non-hydrogen) atoms. The van der Waals surface area contributed by atoms with Gasteiger partial charge in [-0.2, -0.15) is 0 Å². The van der Waals surface area contributed by atoms with Gasteiger partial charge in [0.2, 0.25) is 0 Å². The molecule has 1 aromatic rings. The summed E-state index contributed by atoms with van der Waals surface area (Å²) < 4.78 is 0. The van der Waals surface area contributed by atoms with Crippen LogP contribution in [0.1, 0.15) is 19.4 Å². The predicted molar refractivity (Wildman–Crippen MR) is 69.1 cm³/mol. The molecule has 0 radical (unpaired) electrons. The van der Waals surface area contributed by atoms with E-state index in [0.29, 0.717) is 5.69 Å². The molecule has 5 nitrogen and oxygen atoms in total. The number of aryl methyl sites for hydroxylation is 1. The van der Waals surface area contributed by atoms with E-state index in [1.165, 1.54) is 18.7 Å². The van der Waals surface area contributed by atoms with Gasteiger partial charge < -0.3 is 25.3 Å². The maximum Gasteiger partial charge on any atom is 0.177 e. The molecule has 0 bridgehead atoms. The first-order valence-electron chi connectivity index (χ1n) is 5.78. The molecule has 5 heteroatoms. The van der Waals surface area contributed by atoms with Crippen molar-refractivity contribution in [3.63, 3.8) is 0 Å². The normalized spacial score (nSPS) is 12.6. The molecule has 0 aromatic heterocycles. The standard InChI is InChI=1S/C13H21NO4/c1-10-4-6-11(7-5-10)14(8-12(2,15)16)9-13(3,17)18/h4-7,15-18H,8-9H2,1-3H3. The second-order valence-electron chi connectivity index (χ2n) is 5.13. The molecule has 0 spiro atoms. The van der Waals surface area contributed by atoms with Gasteiger partial charge in [0.1, 0.15) is 0 Å². The van der Waals surface area contributed by atoms with Crippen molar-refractivity contribution in [2.45, 2.75) is 32.3 Å². The number of aliphatic hydroxyl groups is 4. The third kappa shape index (κ3) is 5.46. The van der Waals surface area contributed by atoms with Crippen molar-refractivity contribution in [1.29, 1.82) is 0 Å². The summed E-state index contributed by atoms with van der Waals surface area (Å²) in [7, 11) is 0. The second kappa shape index (κ2) is 5.24. The summed E-state index contributed by atoms with van der Waals surface area (Å²) in [5.41, 5.74) is 1.77. The first-order chi connectivity index (χ1) is 8.07. The zero-order chi connectivity index (χ0) is 14.0. The zero-order valence-corrected chi connectivity index (χ0v) is 11.0. The molecule has 0 fully saturated rings. The topological polar surface area (TPSA) is 84.2 Å². The van der Waals surface area contributed by atoms with Gasteiger partial charge in [0.05, 0.1) is 13.1 Å². The van der Waals surface area contributed by atoms with E-state index in [9.17, 15) is 20.4 Å². The van der Waals surface area contributed by atoms with Crippen LogP contribution in [-0.2, 0) is 0 Å². The van der Waals surface area contributed by atoms with Crippen LogP contribution in [0.3, 0.4) is 0 Å². The Kier molecular flexibility index (Phi) is 4.34. The third-order valence-electron chi connectivity index (χ3n) is 2.38. The summed E-state index contributed by atoms with van der Waals surface area (Å²) in [4.78, 5) is 1.51. The Hall–Kier alpha value is -1.14. The van der Waals surface area contributed by atoms with Gasteiger partial charge >= 0.3 is 0 Å². The molecule has 102 valence electrons. The van der Waals surface area contributed by atoms with Gasteiger partial charge in [-0.25, -0.2) is 0 Å². The molecule has 0 aliphatic heterocycles. The Bertz CT molecular complexity index is 359. The number of nitrogens with zero attached hydrogens (tertiary/aromatic N) is 1. The quantitative estimate of drug-likeness (QED) is 0.565. The van der Waals surface area contributed by atoms with Crippen molar-refractivity contribution in [2.24, 2.45) is 0 Å². The Morgan fingerprint density at radius 3 is 1.61 bits per heavy atom. The highest BCUT2D eigenvalue weighted by molar-refractivity contribution is 5.48. The van der Waals surface area contributed by atoms with Gasteiger partial charge in [0, 0.05) is 5.69 Å². The second-order valence-corrected chi connectivity index (χ2v) is 5.13. The van der Waals surface area contributed by atoms with Crippen LogP contribution in [0.4, 0.5) is 5.69 Å². The Balaban J connectivity index is 2.93. The summed E-state index contributed by atoms with van der Waals surface area (Å²) >= 11 is 0. The fraction of sp³-hybridized carbons (Fsp3) is 0.538. The van der Waals surface area contributed by atoms with E-state index in [1.807, 2.05) is 19.1 Å². The lowest BCUT2D eigenvalue weighted by molar-refractivity contribution is -0.151. The van der Waals surface area contributed by atoms with Crippen molar-refractivity contribution in [3.8, 4) is 0 Å². The van der Waals surface area contributed by atoms with Crippen molar-refractivity contribution < 1.29 is 20.4 Å². The van der Waals surface area contributed by atoms with Crippen LogP contribution in [0, 0.1) is 6.92 Å². The molecule has 1 rings (SSSR count). The summed E-state index contributed by atoms with van der Waals surface area (Å²) in [6.45, 7) is 4.21. The van der Waals surface area contributed by atoms with E-state index in [0.717, 1.165) is 5.56 Å². The molecule has 0 aliphatic carbocycles. The molecule has 0 saturated heterocycles. The van der Waals surface area contributed by atoms with Crippen molar-refractivity contribution in [2.75, 3.05) is 18.0 Å². The lowest BCUT2D eigenvalue weighted by Gasteiger charge is -2.33. The maximum atomic E-state index is 9.45. The minimum Gasteiger partial charge on any atom is -0.364 e. The van der Waals surface area contributed by atoms with Gasteiger partial charge in [-0.05, 0) is 32.9 Å². The molecule has 0 saturated carbocycles. The van der Waals surface area contributed by atoms with E-state index < -0.39 is 11.6 Å². The van der Waals surface area contributed by atoms with Crippen LogP contribution < -0.4 is 4.90 Å². The molecule has 0 amide bonds. The van der Waals surface area contributed by atoms with Gasteiger partial charge in [0.25, 0.3) is 0 Å². The van der Waals surface area contributed by atoms with Gasteiger partial charge in [-0.1, -0.05) is 17.7 Å². The summed E-state index contributed by atoms with van der Waals surface area (Å²) in [6.07, 6.45) is 0. The summed E-state index contributed by atoms with van der Waals surface area (Å²) in [5, 5.41) is 37.8. The van der Waals surface area contributed by atoms with E-state index in [1.54, 1.807) is 12.1 Å². The number of rotatable bonds is 5. The van der Waals surface area contributed by atoms with E-state index in [4.69, 9.17) is 0 Å². The third-order valence-corrected chi connectivity index (χ3v) is 2.38. The summed E-state index contributed by atoms with van der Waals surface area (Å²) in [6, 6.07) is 7.35. The maximum absolute atomic E-state index is 9.45. The Morgan fingerprint density at radius 1 is 0.889 bits per heavy atom. The van der Waals surface area contributed by atoms with Gasteiger partial charge in [-0.15, -0.1) is 0 Å². The molecule has 1 aromatic carbocycles. The van der Waals surface area contributed by atoms with Crippen LogP contribution in [0.15, 0.2) is 24.3 Å². The first-order valence-corrected chi connectivity index (χ1v) is 5.78. The highest BCUT2D eigenvalue weighted by Gasteiger charge is 2.26. The van der Waals surface area contributed by atoms with Crippen molar-refractivity contribution in [3.05, 3.63) is 29.8 Å². The van der Waals surface area contributed by atoms with E-state index >= 15 is 0 Å².